The van der Waals surface area contributed by atoms with Gasteiger partial charge in [0.05, 0.1) is 19.2 Å². The highest BCUT2D eigenvalue weighted by atomic mass is 16.5. The molecule has 0 saturated carbocycles. The fourth-order valence-electron chi connectivity index (χ4n) is 2.67. The van der Waals surface area contributed by atoms with E-state index < -0.39 is 0 Å². The summed E-state index contributed by atoms with van der Waals surface area (Å²) in [6.07, 6.45) is 1.70. The number of nitrogens with zero attached hydrogens (tertiary/aromatic N) is 4. The molecule has 0 N–H and O–H groups in total. The smallest absolute Gasteiger partial charge is 0.337 e. The van der Waals surface area contributed by atoms with Crippen molar-refractivity contribution in [1.29, 1.82) is 5.26 Å². The molecule has 1 aromatic heterocycles. The Hall–Kier alpha value is -2.72. The van der Waals surface area contributed by atoms with Crippen LogP contribution in [0.4, 0.5) is 0 Å². The summed E-state index contributed by atoms with van der Waals surface area (Å²) in [6, 6.07) is 9.15. The summed E-state index contributed by atoms with van der Waals surface area (Å²) in [4.78, 5) is 11.5. The van der Waals surface area contributed by atoms with Crippen molar-refractivity contribution in [3.8, 4) is 6.07 Å². The fourth-order valence-corrected chi connectivity index (χ4v) is 2.67. The highest BCUT2D eigenvalue weighted by molar-refractivity contribution is 5.89. The van der Waals surface area contributed by atoms with E-state index in [1.165, 1.54) is 7.11 Å². The highest BCUT2D eigenvalue weighted by Crippen LogP contribution is 2.30. The molecule has 0 amide bonds. The van der Waals surface area contributed by atoms with Gasteiger partial charge in [-0.05, 0) is 30.5 Å². The third kappa shape index (κ3) is 3.07. The molecule has 0 bridgehead atoms. The lowest BCUT2D eigenvalue weighted by Gasteiger charge is -2.12. The number of nitriles is 1. The Labute approximate surface area is 133 Å². The van der Waals surface area contributed by atoms with Crippen molar-refractivity contribution in [3.63, 3.8) is 0 Å². The predicted molar refractivity (Wildman–Crippen MR) is 79.5 cm³/mol. The minimum Gasteiger partial charge on any atom is -0.465 e. The Bertz CT molecular complexity index is 740. The largest absolute Gasteiger partial charge is 0.465 e. The second-order valence-electron chi connectivity index (χ2n) is 5.28. The maximum Gasteiger partial charge on any atom is 0.337 e. The van der Waals surface area contributed by atoms with E-state index >= 15 is 0 Å². The molecule has 23 heavy (non-hydrogen) atoms. The van der Waals surface area contributed by atoms with Gasteiger partial charge in [0.1, 0.15) is 17.9 Å². The molecule has 1 aromatic carbocycles. The van der Waals surface area contributed by atoms with Crippen LogP contribution in [0.5, 0.6) is 0 Å². The van der Waals surface area contributed by atoms with Crippen LogP contribution in [-0.4, -0.2) is 34.7 Å². The van der Waals surface area contributed by atoms with Crippen molar-refractivity contribution in [2.75, 3.05) is 13.7 Å². The number of methoxy groups -OCH3 is 1. The van der Waals surface area contributed by atoms with Crippen LogP contribution in [0.3, 0.4) is 0 Å². The van der Waals surface area contributed by atoms with E-state index in [0.717, 1.165) is 24.1 Å². The topological polar surface area (TPSA) is 90.0 Å². The number of hydrogen-bond acceptors (Lipinski definition) is 6. The van der Waals surface area contributed by atoms with Crippen LogP contribution >= 0.6 is 0 Å². The second kappa shape index (κ2) is 6.58. The van der Waals surface area contributed by atoms with Gasteiger partial charge in [-0.25, -0.2) is 9.48 Å². The number of benzene rings is 1. The number of aromatic nitrogens is 3. The molecule has 1 aliphatic heterocycles. The zero-order valence-electron chi connectivity index (χ0n) is 12.7. The first-order valence-corrected chi connectivity index (χ1v) is 7.35. The first-order chi connectivity index (χ1) is 11.2. The molecule has 0 radical (unpaired) electrons. The van der Waals surface area contributed by atoms with Crippen molar-refractivity contribution in [1.82, 2.24) is 15.0 Å². The first kappa shape index (κ1) is 15.2. The maximum absolute atomic E-state index is 11.5. The van der Waals surface area contributed by atoms with Gasteiger partial charge >= 0.3 is 5.97 Å². The summed E-state index contributed by atoms with van der Waals surface area (Å²) >= 11 is 0. The molecule has 7 heteroatoms. The van der Waals surface area contributed by atoms with Crippen molar-refractivity contribution < 1.29 is 14.3 Å². The molecule has 7 nitrogen and oxygen atoms in total. The molecular weight excluding hydrogens is 296 g/mol. The number of carbonyl (C=O) groups excluding carboxylic acids is 1. The van der Waals surface area contributed by atoms with Crippen LogP contribution in [-0.2, 0) is 16.0 Å². The minimum atomic E-state index is -0.371. The lowest BCUT2D eigenvalue weighted by molar-refractivity contribution is 0.0600. The Balaban J connectivity index is 1.84. The summed E-state index contributed by atoms with van der Waals surface area (Å²) in [5.74, 6) is -0.371. The second-order valence-corrected chi connectivity index (χ2v) is 5.28. The Morgan fingerprint density at radius 3 is 2.87 bits per heavy atom. The molecule has 1 atom stereocenters. The van der Waals surface area contributed by atoms with Gasteiger partial charge in [0, 0.05) is 6.61 Å². The van der Waals surface area contributed by atoms with Gasteiger partial charge in [0.15, 0.2) is 5.69 Å². The van der Waals surface area contributed by atoms with Gasteiger partial charge in [-0.3, -0.25) is 0 Å². The zero-order chi connectivity index (χ0) is 16.2. The van der Waals surface area contributed by atoms with Crippen molar-refractivity contribution in [2.24, 2.45) is 0 Å². The lowest BCUT2D eigenvalue weighted by Crippen LogP contribution is -2.11. The minimum absolute atomic E-state index is 0.131. The van der Waals surface area contributed by atoms with E-state index in [-0.39, 0.29) is 12.1 Å². The van der Waals surface area contributed by atoms with Gasteiger partial charge in [-0.2, -0.15) is 5.26 Å². The maximum atomic E-state index is 11.5. The molecular formula is C16H16N4O3. The third-order valence-corrected chi connectivity index (χ3v) is 3.82. The summed E-state index contributed by atoms with van der Waals surface area (Å²) in [6.45, 7) is 1.15. The summed E-state index contributed by atoms with van der Waals surface area (Å²) in [5.41, 5.74) is 2.48. The van der Waals surface area contributed by atoms with Crippen LogP contribution in [0, 0.1) is 11.3 Å². The van der Waals surface area contributed by atoms with Crippen LogP contribution in [0.15, 0.2) is 24.3 Å². The molecule has 118 valence electrons. The van der Waals surface area contributed by atoms with Gasteiger partial charge < -0.3 is 9.47 Å². The normalized spacial score (nSPS) is 17.0. The van der Waals surface area contributed by atoms with Gasteiger partial charge in [-0.1, -0.05) is 17.3 Å². The Morgan fingerprint density at radius 2 is 2.26 bits per heavy atom. The molecule has 1 saturated heterocycles. The van der Waals surface area contributed by atoms with E-state index in [2.05, 4.69) is 21.1 Å². The Morgan fingerprint density at radius 1 is 1.48 bits per heavy atom. The van der Waals surface area contributed by atoms with Gasteiger partial charge in [0.2, 0.25) is 0 Å². The summed E-state index contributed by atoms with van der Waals surface area (Å²) < 4.78 is 12.0. The summed E-state index contributed by atoms with van der Waals surface area (Å²) in [5, 5.41) is 17.2. The number of hydrogen-bond donors (Lipinski definition) is 0. The quantitative estimate of drug-likeness (QED) is 0.800. The van der Waals surface area contributed by atoms with Crippen LogP contribution in [0.25, 0.3) is 0 Å². The van der Waals surface area contributed by atoms with E-state index in [1.54, 1.807) is 16.8 Å². The van der Waals surface area contributed by atoms with E-state index in [0.29, 0.717) is 24.4 Å². The van der Waals surface area contributed by atoms with Gasteiger partial charge in [-0.15, -0.1) is 5.10 Å². The predicted octanol–water partition coefficient (Wildman–Crippen LogP) is 1.84. The number of rotatable bonds is 4. The average Bonchev–Trinajstić information content (AvgIpc) is 3.23. The SMILES string of the molecule is COC(=O)c1ccc(Cn2nnc(C#N)c2C2CCCO2)cc1. The van der Waals surface area contributed by atoms with Crippen molar-refractivity contribution >= 4 is 5.97 Å². The van der Waals surface area contributed by atoms with Crippen LogP contribution in [0.2, 0.25) is 0 Å². The standard InChI is InChI=1S/C16H16N4O3/c1-22-16(21)12-6-4-11(5-7-12)10-20-15(13(9-17)18-19-20)14-3-2-8-23-14/h4-7,14H,2-3,8,10H2,1H3. The zero-order valence-corrected chi connectivity index (χ0v) is 12.7. The van der Waals surface area contributed by atoms with E-state index in [4.69, 9.17) is 4.74 Å². The van der Waals surface area contributed by atoms with Crippen LogP contribution < -0.4 is 0 Å². The highest BCUT2D eigenvalue weighted by Gasteiger charge is 2.26. The molecule has 0 aliphatic carbocycles. The Kier molecular flexibility index (Phi) is 4.35. The molecule has 1 fully saturated rings. The van der Waals surface area contributed by atoms with E-state index in [9.17, 15) is 10.1 Å². The fraction of sp³-hybridized carbons (Fsp3) is 0.375. The third-order valence-electron chi connectivity index (χ3n) is 3.82. The van der Waals surface area contributed by atoms with Crippen molar-refractivity contribution in [2.45, 2.75) is 25.5 Å². The number of esters is 1. The molecule has 1 unspecified atom stereocenters. The molecule has 1 aliphatic rings. The van der Waals surface area contributed by atoms with Crippen molar-refractivity contribution in [3.05, 3.63) is 46.8 Å². The number of carbonyl (C=O) groups is 1. The monoisotopic (exact) mass is 312 g/mol. The van der Waals surface area contributed by atoms with Gasteiger partial charge in [0.25, 0.3) is 0 Å². The lowest BCUT2D eigenvalue weighted by atomic mass is 10.1. The molecule has 0 spiro atoms. The number of ether oxygens (including phenoxy) is 2. The molecule has 2 heterocycles. The summed E-state index contributed by atoms with van der Waals surface area (Å²) in [7, 11) is 1.35. The molecule has 3 rings (SSSR count). The first-order valence-electron chi connectivity index (χ1n) is 7.35. The van der Waals surface area contributed by atoms with Crippen LogP contribution in [0.1, 0.15) is 46.3 Å². The molecule has 2 aromatic rings. The van der Waals surface area contributed by atoms with E-state index in [1.807, 2.05) is 12.1 Å². The average molecular weight is 312 g/mol.